The summed E-state index contributed by atoms with van der Waals surface area (Å²) in [4.78, 5) is 11.2. The predicted molar refractivity (Wildman–Crippen MR) is 86.0 cm³/mol. The van der Waals surface area contributed by atoms with Gasteiger partial charge in [-0.1, -0.05) is 20.3 Å². The van der Waals surface area contributed by atoms with E-state index in [9.17, 15) is 5.11 Å². The van der Waals surface area contributed by atoms with Crippen molar-refractivity contribution in [3.63, 3.8) is 0 Å². The second-order valence-corrected chi connectivity index (χ2v) is 5.10. The Bertz CT molecular complexity index is 554. The number of anilines is 2. The van der Waals surface area contributed by atoms with Gasteiger partial charge in [0.25, 0.3) is 0 Å². The molecule has 0 aliphatic carbocycles. The second kappa shape index (κ2) is 7.83. The molecule has 0 bridgehead atoms. The maximum absolute atomic E-state index is 9.32. The van der Waals surface area contributed by atoms with Gasteiger partial charge in [-0.05, 0) is 12.8 Å². The minimum atomic E-state index is 0.116. The highest BCUT2D eigenvalue weighted by Crippen LogP contribution is 2.21. The van der Waals surface area contributed by atoms with Crippen LogP contribution in [0.2, 0.25) is 0 Å². The molecule has 0 spiro atoms. The highest BCUT2D eigenvalue weighted by Gasteiger charge is 2.14. The lowest BCUT2D eigenvalue weighted by molar-refractivity contribution is 0.301. The number of rotatable bonds is 9. The van der Waals surface area contributed by atoms with Crippen molar-refractivity contribution < 1.29 is 5.11 Å². The number of nitrogens with zero attached hydrogens (tertiary/aromatic N) is 4. The Labute approximate surface area is 125 Å². The van der Waals surface area contributed by atoms with E-state index in [1.807, 2.05) is 16.8 Å². The maximum atomic E-state index is 9.32. The number of aliphatic hydroxyl groups excluding tert-OH is 1. The van der Waals surface area contributed by atoms with Crippen LogP contribution in [0, 0.1) is 0 Å². The lowest BCUT2D eigenvalue weighted by Gasteiger charge is -2.23. The van der Waals surface area contributed by atoms with Crippen molar-refractivity contribution in [1.82, 2.24) is 14.4 Å². The standard InChI is InChI=1S/C15H25N5O/c1-3-5-8-19(10-11-21)15-14-17-7-9-20(14)12-13(18-15)16-6-4-2/h7,9,12,16,21H,3-6,8,10-11H2,1-2H3. The summed E-state index contributed by atoms with van der Waals surface area (Å²) in [5, 5.41) is 12.6. The fraction of sp³-hybridized carbons (Fsp3) is 0.600. The molecule has 2 aromatic heterocycles. The summed E-state index contributed by atoms with van der Waals surface area (Å²) in [5.41, 5.74) is 0.835. The Morgan fingerprint density at radius 1 is 1.29 bits per heavy atom. The van der Waals surface area contributed by atoms with Crippen LogP contribution in [0.15, 0.2) is 18.6 Å². The van der Waals surface area contributed by atoms with E-state index >= 15 is 0 Å². The molecule has 0 saturated heterocycles. The van der Waals surface area contributed by atoms with Crippen LogP contribution in [-0.4, -0.2) is 45.7 Å². The quantitative estimate of drug-likeness (QED) is 0.741. The molecule has 0 saturated carbocycles. The third kappa shape index (κ3) is 3.85. The number of imidazole rings is 1. The van der Waals surface area contributed by atoms with E-state index in [-0.39, 0.29) is 6.61 Å². The molecule has 2 N–H and O–H groups in total. The molecule has 6 heteroatoms. The summed E-state index contributed by atoms with van der Waals surface area (Å²) in [6.07, 6.45) is 8.89. The van der Waals surface area contributed by atoms with Crippen molar-refractivity contribution in [2.24, 2.45) is 0 Å². The van der Waals surface area contributed by atoms with Gasteiger partial charge in [-0.25, -0.2) is 9.97 Å². The highest BCUT2D eigenvalue weighted by molar-refractivity contribution is 5.66. The number of hydrogen-bond acceptors (Lipinski definition) is 5. The molecule has 0 aromatic carbocycles. The summed E-state index contributed by atoms with van der Waals surface area (Å²) < 4.78 is 1.98. The van der Waals surface area contributed by atoms with Gasteiger partial charge in [-0.3, -0.25) is 0 Å². The molecule has 0 fully saturated rings. The van der Waals surface area contributed by atoms with Gasteiger partial charge >= 0.3 is 0 Å². The molecule has 6 nitrogen and oxygen atoms in total. The van der Waals surface area contributed by atoms with Crippen LogP contribution < -0.4 is 10.2 Å². The molecule has 0 amide bonds. The first-order chi connectivity index (χ1) is 10.3. The lowest BCUT2D eigenvalue weighted by atomic mass is 10.3. The summed E-state index contributed by atoms with van der Waals surface area (Å²) in [5.74, 6) is 1.68. The van der Waals surface area contributed by atoms with Crippen LogP contribution in [0.5, 0.6) is 0 Å². The van der Waals surface area contributed by atoms with Gasteiger partial charge in [-0.15, -0.1) is 0 Å². The van der Waals surface area contributed by atoms with Gasteiger partial charge < -0.3 is 19.7 Å². The van der Waals surface area contributed by atoms with Crippen molar-refractivity contribution in [1.29, 1.82) is 0 Å². The molecule has 0 unspecified atom stereocenters. The second-order valence-electron chi connectivity index (χ2n) is 5.10. The van der Waals surface area contributed by atoms with Gasteiger partial charge in [0.15, 0.2) is 11.5 Å². The van der Waals surface area contributed by atoms with E-state index in [0.29, 0.717) is 6.54 Å². The Hall–Kier alpha value is -1.82. The number of aromatic nitrogens is 3. The van der Waals surface area contributed by atoms with E-state index in [1.165, 1.54) is 0 Å². The smallest absolute Gasteiger partial charge is 0.180 e. The van der Waals surface area contributed by atoms with E-state index in [1.54, 1.807) is 6.20 Å². The van der Waals surface area contributed by atoms with Crippen molar-refractivity contribution in [3.05, 3.63) is 18.6 Å². The Morgan fingerprint density at radius 3 is 2.86 bits per heavy atom. The fourth-order valence-electron chi connectivity index (χ4n) is 2.26. The zero-order valence-electron chi connectivity index (χ0n) is 12.9. The van der Waals surface area contributed by atoms with Crippen LogP contribution >= 0.6 is 0 Å². The van der Waals surface area contributed by atoms with Crippen LogP contribution in [0.25, 0.3) is 5.65 Å². The topological polar surface area (TPSA) is 65.7 Å². The van der Waals surface area contributed by atoms with Gasteiger partial charge in [0, 0.05) is 32.0 Å². The molecule has 2 heterocycles. The number of hydrogen-bond donors (Lipinski definition) is 2. The van der Waals surface area contributed by atoms with E-state index in [0.717, 1.165) is 49.6 Å². The molecule has 0 aliphatic heterocycles. The summed E-state index contributed by atoms with van der Waals surface area (Å²) >= 11 is 0. The molecule has 116 valence electrons. The first kappa shape index (κ1) is 15.6. The third-order valence-corrected chi connectivity index (χ3v) is 3.36. The number of aliphatic hydroxyl groups is 1. The summed E-state index contributed by atoms with van der Waals surface area (Å²) in [6.45, 7) is 6.75. The summed E-state index contributed by atoms with van der Waals surface area (Å²) in [7, 11) is 0. The van der Waals surface area contributed by atoms with E-state index < -0.39 is 0 Å². The zero-order chi connectivity index (χ0) is 15.1. The van der Waals surface area contributed by atoms with E-state index in [2.05, 4.69) is 29.0 Å². The Morgan fingerprint density at radius 2 is 2.14 bits per heavy atom. The number of unbranched alkanes of at least 4 members (excludes halogenated alkanes) is 1. The number of fused-ring (bicyclic) bond motifs is 1. The Kier molecular flexibility index (Phi) is 5.80. The third-order valence-electron chi connectivity index (χ3n) is 3.36. The van der Waals surface area contributed by atoms with Crippen molar-refractivity contribution >= 4 is 17.3 Å². The van der Waals surface area contributed by atoms with Crippen molar-refractivity contribution in [2.45, 2.75) is 33.1 Å². The minimum Gasteiger partial charge on any atom is -0.395 e. The first-order valence-electron chi connectivity index (χ1n) is 7.73. The molecule has 0 atom stereocenters. The molecule has 2 rings (SSSR count). The average Bonchev–Trinajstić information content (AvgIpc) is 2.97. The maximum Gasteiger partial charge on any atom is 0.180 e. The zero-order valence-corrected chi connectivity index (χ0v) is 12.9. The van der Waals surface area contributed by atoms with Gasteiger partial charge in [0.05, 0.1) is 12.8 Å². The van der Waals surface area contributed by atoms with Crippen LogP contribution in [0.4, 0.5) is 11.6 Å². The molecular weight excluding hydrogens is 266 g/mol. The normalized spacial score (nSPS) is 11.0. The van der Waals surface area contributed by atoms with Crippen LogP contribution in [-0.2, 0) is 0 Å². The molecule has 0 radical (unpaired) electrons. The molecule has 2 aromatic rings. The predicted octanol–water partition coefficient (Wildman–Crippen LogP) is 2.15. The fourth-order valence-corrected chi connectivity index (χ4v) is 2.26. The van der Waals surface area contributed by atoms with Crippen LogP contribution in [0.1, 0.15) is 33.1 Å². The van der Waals surface area contributed by atoms with Crippen molar-refractivity contribution in [3.8, 4) is 0 Å². The summed E-state index contributed by atoms with van der Waals surface area (Å²) in [6, 6.07) is 0. The largest absolute Gasteiger partial charge is 0.395 e. The van der Waals surface area contributed by atoms with Gasteiger partial charge in [0.1, 0.15) is 5.82 Å². The lowest BCUT2D eigenvalue weighted by Crippen LogP contribution is -2.29. The molecular formula is C15H25N5O. The van der Waals surface area contributed by atoms with Gasteiger partial charge in [-0.2, -0.15) is 0 Å². The highest BCUT2D eigenvalue weighted by atomic mass is 16.3. The SMILES string of the molecule is CCCCN(CCO)c1nc(NCCC)cn2ccnc12. The van der Waals surface area contributed by atoms with Crippen molar-refractivity contribution in [2.75, 3.05) is 36.5 Å². The van der Waals surface area contributed by atoms with E-state index in [4.69, 9.17) is 4.98 Å². The molecule has 0 aliphatic rings. The minimum absolute atomic E-state index is 0.116. The first-order valence-corrected chi connectivity index (χ1v) is 7.73. The average molecular weight is 291 g/mol. The van der Waals surface area contributed by atoms with Gasteiger partial charge in [0.2, 0.25) is 0 Å². The van der Waals surface area contributed by atoms with Crippen LogP contribution in [0.3, 0.4) is 0 Å². The number of nitrogens with one attached hydrogen (secondary N) is 1. The monoisotopic (exact) mass is 291 g/mol. The molecule has 21 heavy (non-hydrogen) atoms. The Balaban J connectivity index is 2.35.